The van der Waals surface area contributed by atoms with Crippen molar-refractivity contribution < 1.29 is 0 Å². The van der Waals surface area contributed by atoms with Crippen LogP contribution in [0.4, 0.5) is 0 Å². The van der Waals surface area contributed by atoms with Gasteiger partial charge in [-0.3, -0.25) is 0 Å². The molecule has 0 heterocycles. The molecule has 1 rings (SSSR count). The van der Waals surface area contributed by atoms with Crippen molar-refractivity contribution in [2.24, 2.45) is 0 Å². The smallest absolute Gasteiger partial charge is 0.0409 e. The van der Waals surface area contributed by atoms with Gasteiger partial charge in [-0.2, -0.15) is 0 Å². The molecular formula is C12H16ClN. The highest BCUT2D eigenvalue weighted by molar-refractivity contribution is 6.30. The maximum absolute atomic E-state index is 5.93. The molecular weight excluding hydrogens is 194 g/mol. The Kier molecular flexibility index (Phi) is 4.71. The van der Waals surface area contributed by atoms with Crippen molar-refractivity contribution in [2.75, 3.05) is 6.54 Å². The molecule has 1 aromatic carbocycles. The average molecular weight is 210 g/mol. The quantitative estimate of drug-likeness (QED) is 0.732. The fourth-order valence-corrected chi connectivity index (χ4v) is 1.65. The van der Waals surface area contributed by atoms with Crippen molar-refractivity contribution in [3.05, 3.63) is 47.5 Å². The fraction of sp³-hybridized carbons (Fsp3) is 0.333. The summed E-state index contributed by atoms with van der Waals surface area (Å²) >= 11 is 5.93. The molecule has 1 nitrogen and oxygen atoms in total. The molecule has 0 bridgehead atoms. The summed E-state index contributed by atoms with van der Waals surface area (Å²) in [6.45, 7) is 6.67. The van der Waals surface area contributed by atoms with E-state index < -0.39 is 0 Å². The van der Waals surface area contributed by atoms with Crippen LogP contribution in [0.25, 0.3) is 0 Å². The van der Waals surface area contributed by atoms with Gasteiger partial charge in [-0.25, -0.2) is 0 Å². The summed E-state index contributed by atoms with van der Waals surface area (Å²) in [7, 11) is 0. The Balaban J connectivity index is 2.72. The van der Waals surface area contributed by atoms with Gasteiger partial charge < -0.3 is 5.32 Å². The molecule has 14 heavy (non-hydrogen) atoms. The highest BCUT2D eigenvalue weighted by Gasteiger charge is 2.07. The largest absolute Gasteiger partial charge is 0.306 e. The van der Waals surface area contributed by atoms with Crippen molar-refractivity contribution in [1.82, 2.24) is 5.32 Å². The summed E-state index contributed by atoms with van der Waals surface area (Å²) < 4.78 is 0. The normalized spacial score (nSPS) is 12.4. The number of nitrogens with one attached hydrogen (secondary N) is 1. The zero-order valence-electron chi connectivity index (χ0n) is 8.46. The van der Waals surface area contributed by atoms with E-state index in [9.17, 15) is 0 Å². The average Bonchev–Trinajstić information content (AvgIpc) is 2.19. The third-order valence-corrected chi connectivity index (χ3v) is 2.40. The van der Waals surface area contributed by atoms with Crippen LogP contribution in [0.1, 0.15) is 24.9 Å². The van der Waals surface area contributed by atoms with Crippen molar-refractivity contribution in [1.29, 1.82) is 0 Å². The van der Waals surface area contributed by atoms with Crippen LogP contribution in [0.15, 0.2) is 36.9 Å². The summed E-state index contributed by atoms with van der Waals surface area (Å²) in [6, 6.07) is 8.34. The van der Waals surface area contributed by atoms with Crippen LogP contribution in [-0.2, 0) is 0 Å². The summed E-state index contributed by atoms with van der Waals surface area (Å²) in [5.41, 5.74) is 1.24. The molecule has 0 aliphatic rings. The van der Waals surface area contributed by atoms with Gasteiger partial charge in [-0.1, -0.05) is 36.7 Å². The van der Waals surface area contributed by atoms with E-state index in [1.165, 1.54) is 5.56 Å². The van der Waals surface area contributed by atoms with E-state index in [2.05, 4.69) is 24.9 Å². The van der Waals surface area contributed by atoms with Gasteiger partial charge in [-0.15, -0.1) is 6.58 Å². The van der Waals surface area contributed by atoms with Gasteiger partial charge in [0.2, 0.25) is 0 Å². The van der Waals surface area contributed by atoms with E-state index in [-0.39, 0.29) is 0 Å². The first-order chi connectivity index (χ1) is 6.77. The van der Waals surface area contributed by atoms with Gasteiger partial charge >= 0.3 is 0 Å². The standard InChI is InChI=1S/C12H16ClN/c1-3-8-14-12(4-2)10-6-5-7-11(13)9-10/h3,5-7,9,12,14H,1,4,8H2,2H3. The van der Waals surface area contributed by atoms with Crippen molar-refractivity contribution in [3.8, 4) is 0 Å². The molecule has 0 fully saturated rings. The molecule has 1 atom stereocenters. The molecule has 0 aliphatic carbocycles. The minimum absolute atomic E-state index is 0.367. The van der Waals surface area contributed by atoms with Gasteiger partial charge in [-0.05, 0) is 24.1 Å². The first kappa shape index (κ1) is 11.3. The van der Waals surface area contributed by atoms with E-state index in [1.807, 2.05) is 24.3 Å². The van der Waals surface area contributed by atoms with E-state index in [1.54, 1.807) is 0 Å². The Morgan fingerprint density at radius 2 is 2.36 bits per heavy atom. The zero-order chi connectivity index (χ0) is 10.4. The minimum atomic E-state index is 0.367. The third kappa shape index (κ3) is 3.17. The Labute approximate surface area is 90.8 Å². The maximum Gasteiger partial charge on any atom is 0.0409 e. The fourth-order valence-electron chi connectivity index (χ4n) is 1.45. The van der Waals surface area contributed by atoms with Crippen LogP contribution in [0, 0.1) is 0 Å². The predicted molar refractivity (Wildman–Crippen MR) is 62.7 cm³/mol. The van der Waals surface area contributed by atoms with E-state index in [0.29, 0.717) is 6.04 Å². The molecule has 0 aliphatic heterocycles. The molecule has 0 saturated heterocycles. The lowest BCUT2D eigenvalue weighted by molar-refractivity contribution is 0.551. The van der Waals surface area contributed by atoms with Crippen molar-refractivity contribution in [2.45, 2.75) is 19.4 Å². The maximum atomic E-state index is 5.93. The van der Waals surface area contributed by atoms with E-state index >= 15 is 0 Å². The van der Waals surface area contributed by atoms with Gasteiger partial charge in [0.25, 0.3) is 0 Å². The Hall–Kier alpha value is -0.790. The number of benzene rings is 1. The Bertz CT molecular complexity index is 296. The molecule has 2 heteroatoms. The summed E-state index contributed by atoms with van der Waals surface area (Å²) in [6.07, 6.45) is 2.92. The third-order valence-electron chi connectivity index (χ3n) is 2.17. The minimum Gasteiger partial charge on any atom is -0.306 e. The molecule has 1 unspecified atom stereocenters. The van der Waals surface area contributed by atoms with E-state index in [0.717, 1.165) is 18.0 Å². The summed E-state index contributed by atoms with van der Waals surface area (Å²) in [5.74, 6) is 0. The Morgan fingerprint density at radius 1 is 1.57 bits per heavy atom. The number of hydrogen-bond acceptors (Lipinski definition) is 1. The molecule has 1 aromatic rings. The van der Waals surface area contributed by atoms with Gasteiger partial charge in [0.05, 0.1) is 0 Å². The topological polar surface area (TPSA) is 12.0 Å². The Morgan fingerprint density at radius 3 is 2.93 bits per heavy atom. The highest BCUT2D eigenvalue weighted by Crippen LogP contribution is 2.19. The molecule has 0 aromatic heterocycles. The van der Waals surface area contributed by atoms with Crippen molar-refractivity contribution >= 4 is 11.6 Å². The van der Waals surface area contributed by atoms with Gasteiger partial charge in [0, 0.05) is 17.6 Å². The monoisotopic (exact) mass is 209 g/mol. The lowest BCUT2D eigenvalue weighted by Crippen LogP contribution is -2.20. The first-order valence-electron chi connectivity index (χ1n) is 4.87. The van der Waals surface area contributed by atoms with Crippen LogP contribution >= 0.6 is 11.6 Å². The SMILES string of the molecule is C=CCNC(CC)c1cccc(Cl)c1. The molecule has 0 saturated carbocycles. The van der Waals surface area contributed by atoms with Gasteiger partial charge in [0.1, 0.15) is 0 Å². The van der Waals surface area contributed by atoms with Crippen LogP contribution in [-0.4, -0.2) is 6.54 Å². The predicted octanol–water partition coefficient (Wildman–Crippen LogP) is 3.57. The van der Waals surface area contributed by atoms with Crippen molar-refractivity contribution in [3.63, 3.8) is 0 Å². The van der Waals surface area contributed by atoms with Crippen LogP contribution in [0.2, 0.25) is 5.02 Å². The zero-order valence-corrected chi connectivity index (χ0v) is 9.22. The summed E-state index contributed by atoms with van der Waals surface area (Å²) in [4.78, 5) is 0. The second kappa shape index (κ2) is 5.84. The lowest BCUT2D eigenvalue weighted by atomic mass is 10.0. The van der Waals surface area contributed by atoms with Crippen LogP contribution in [0.5, 0.6) is 0 Å². The summed E-state index contributed by atoms with van der Waals surface area (Å²) in [5, 5.41) is 4.18. The molecule has 1 N–H and O–H groups in total. The molecule has 0 spiro atoms. The van der Waals surface area contributed by atoms with E-state index in [4.69, 9.17) is 11.6 Å². The second-order valence-electron chi connectivity index (χ2n) is 3.21. The van der Waals surface area contributed by atoms with Gasteiger partial charge in [0.15, 0.2) is 0 Å². The highest BCUT2D eigenvalue weighted by atomic mass is 35.5. The second-order valence-corrected chi connectivity index (χ2v) is 3.65. The number of rotatable bonds is 5. The van der Waals surface area contributed by atoms with Crippen LogP contribution < -0.4 is 5.32 Å². The number of hydrogen-bond donors (Lipinski definition) is 1. The van der Waals surface area contributed by atoms with Crippen LogP contribution in [0.3, 0.4) is 0 Å². The molecule has 76 valence electrons. The first-order valence-corrected chi connectivity index (χ1v) is 5.25. The molecule has 0 amide bonds. The number of halogens is 1. The molecule has 0 radical (unpaired) electrons. The lowest BCUT2D eigenvalue weighted by Gasteiger charge is -2.16.